The number of aromatic nitrogens is 1. The van der Waals surface area contributed by atoms with Crippen molar-refractivity contribution in [3.05, 3.63) is 52.8 Å². The van der Waals surface area contributed by atoms with Gasteiger partial charge in [-0.15, -0.1) is 0 Å². The van der Waals surface area contributed by atoms with E-state index in [2.05, 4.69) is 29.8 Å². The normalized spacial score (nSPS) is 15.0. The number of methoxy groups -OCH3 is 1. The van der Waals surface area contributed by atoms with Gasteiger partial charge in [-0.25, -0.2) is 0 Å². The molecule has 26 heavy (non-hydrogen) atoms. The van der Waals surface area contributed by atoms with Crippen molar-refractivity contribution in [2.45, 2.75) is 58.4 Å². The number of benzene rings is 1. The van der Waals surface area contributed by atoms with E-state index in [1.54, 1.807) is 7.11 Å². The summed E-state index contributed by atoms with van der Waals surface area (Å²) in [6.07, 6.45) is 7.19. The second-order valence-electron chi connectivity index (χ2n) is 7.30. The summed E-state index contributed by atoms with van der Waals surface area (Å²) in [6, 6.07) is 10.6. The molecule has 0 aliphatic heterocycles. The van der Waals surface area contributed by atoms with Crippen LogP contribution in [0, 0.1) is 13.8 Å². The molecule has 2 aromatic rings. The van der Waals surface area contributed by atoms with E-state index in [0.29, 0.717) is 12.6 Å². The van der Waals surface area contributed by atoms with Crippen LogP contribution in [0.4, 0.5) is 0 Å². The molecule has 1 saturated carbocycles. The van der Waals surface area contributed by atoms with Crippen molar-refractivity contribution in [2.75, 3.05) is 13.7 Å². The fourth-order valence-corrected chi connectivity index (χ4v) is 4.15. The van der Waals surface area contributed by atoms with Crippen molar-refractivity contribution < 1.29 is 9.53 Å². The van der Waals surface area contributed by atoms with E-state index < -0.39 is 0 Å². The molecule has 0 bridgehead atoms. The van der Waals surface area contributed by atoms with Crippen molar-refractivity contribution in [2.24, 2.45) is 0 Å². The second-order valence-corrected chi connectivity index (χ2v) is 7.30. The maximum Gasteiger partial charge on any atom is 0.253 e. The number of rotatable bonds is 6. The molecule has 1 N–H and O–H groups in total. The topological polar surface area (TPSA) is 43.3 Å². The largest absolute Gasteiger partial charge is 0.497 e. The molecule has 0 radical (unpaired) electrons. The Morgan fingerprint density at radius 1 is 1.19 bits per heavy atom. The van der Waals surface area contributed by atoms with Gasteiger partial charge in [0.15, 0.2) is 0 Å². The van der Waals surface area contributed by atoms with Crippen molar-refractivity contribution in [1.29, 1.82) is 0 Å². The Balaban J connectivity index is 1.62. The van der Waals surface area contributed by atoms with Crippen LogP contribution in [0.2, 0.25) is 0 Å². The molecule has 0 saturated heterocycles. The van der Waals surface area contributed by atoms with Gasteiger partial charge in [-0.2, -0.15) is 0 Å². The lowest BCUT2D eigenvalue weighted by Gasteiger charge is -2.26. The van der Waals surface area contributed by atoms with Gasteiger partial charge in [-0.1, -0.05) is 31.4 Å². The van der Waals surface area contributed by atoms with Crippen LogP contribution < -0.4 is 10.1 Å². The Hall–Kier alpha value is -2.23. The lowest BCUT2D eigenvalue weighted by atomic mass is 9.95. The molecule has 1 aliphatic carbocycles. The zero-order chi connectivity index (χ0) is 18.5. The summed E-state index contributed by atoms with van der Waals surface area (Å²) in [5, 5.41) is 3.08. The first-order valence-electron chi connectivity index (χ1n) is 9.69. The Morgan fingerprint density at radius 2 is 1.96 bits per heavy atom. The van der Waals surface area contributed by atoms with Gasteiger partial charge in [0, 0.05) is 24.0 Å². The summed E-state index contributed by atoms with van der Waals surface area (Å²) in [5.74, 6) is 0.882. The number of carbonyl (C=O) groups is 1. The lowest BCUT2D eigenvalue weighted by Crippen LogP contribution is -2.26. The molecular weight excluding hydrogens is 324 g/mol. The molecule has 1 amide bonds. The molecule has 4 nitrogen and oxygen atoms in total. The van der Waals surface area contributed by atoms with E-state index in [4.69, 9.17) is 4.74 Å². The number of amides is 1. The Labute approximate surface area is 156 Å². The van der Waals surface area contributed by atoms with E-state index in [-0.39, 0.29) is 5.91 Å². The number of hydrogen-bond donors (Lipinski definition) is 1. The zero-order valence-electron chi connectivity index (χ0n) is 16.2. The van der Waals surface area contributed by atoms with Gasteiger partial charge in [0.1, 0.15) is 5.75 Å². The van der Waals surface area contributed by atoms with Crippen LogP contribution in [0.3, 0.4) is 0 Å². The van der Waals surface area contributed by atoms with Crippen molar-refractivity contribution in [1.82, 2.24) is 9.88 Å². The summed E-state index contributed by atoms with van der Waals surface area (Å²) < 4.78 is 7.64. The minimum absolute atomic E-state index is 0.0306. The molecule has 1 aliphatic rings. The Bertz CT molecular complexity index is 757. The molecule has 1 heterocycles. The predicted molar refractivity (Wildman–Crippen MR) is 105 cm³/mol. The molecular formula is C22H30N2O2. The highest BCUT2D eigenvalue weighted by Crippen LogP contribution is 2.32. The van der Waals surface area contributed by atoms with Crippen molar-refractivity contribution in [3.63, 3.8) is 0 Å². The molecule has 140 valence electrons. The molecule has 3 rings (SSSR count). The fraction of sp³-hybridized carbons (Fsp3) is 0.500. The predicted octanol–water partition coefficient (Wildman–Crippen LogP) is 4.59. The average Bonchev–Trinajstić information content (AvgIpc) is 2.97. The van der Waals surface area contributed by atoms with Gasteiger partial charge in [0.2, 0.25) is 0 Å². The Morgan fingerprint density at radius 3 is 2.69 bits per heavy atom. The van der Waals surface area contributed by atoms with Crippen LogP contribution in [0.25, 0.3) is 0 Å². The quantitative estimate of drug-likeness (QED) is 0.824. The number of nitrogens with zero attached hydrogens (tertiary/aromatic N) is 1. The van der Waals surface area contributed by atoms with Crippen LogP contribution in [-0.4, -0.2) is 24.1 Å². The number of nitrogens with one attached hydrogen (secondary N) is 1. The van der Waals surface area contributed by atoms with Gasteiger partial charge >= 0.3 is 0 Å². The number of aryl methyl sites for hydroxylation is 1. The summed E-state index contributed by atoms with van der Waals surface area (Å²) in [4.78, 5) is 12.7. The lowest BCUT2D eigenvalue weighted by molar-refractivity contribution is 0.0953. The first-order valence-corrected chi connectivity index (χ1v) is 9.69. The standard InChI is InChI=1S/C22H30N2O2/c1-16-14-21(17(2)24(16)19-9-5-4-6-10-19)22(25)23-13-12-18-8-7-11-20(15-18)26-3/h7-8,11,14-15,19H,4-6,9-10,12-13H2,1-3H3,(H,23,25). The molecule has 1 fully saturated rings. The van der Waals surface area contributed by atoms with E-state index in [9.17, 15) is 4.79 Å². The molecule has 1 aromatic carbocycles. The molecule has 4 heteroatoms. The highest BCUT2D eigenvalue weighted by atomic mass is 16.5. The highest BCUT2D eigenvalue weighted by molar-refractivity contribution is 5.95. The summed E-state index contributed by atoms with van der Waals surface area (Å²) >= 11 is 0. The van der Waals surface area contributed by atoms with Crippen LogP contribution >= 0.6 is 0 Å². The van der Waals surface area contributed by atoms with Gasteiger partial charge in [-0.05, 0) is 56.9 Å². The molecule has 1 aromatic heterocycles. The summed E-state index contributed by atoms with van der Waals surface area (Å²) in [6.45, 7) is 4.83. The van der Waals surface area contributed by atoms with Crippen molar-refractivity contribution in [3.8, 4) is 5.75 Å². The van der Waals surface area contributed by atoms with Crippen LogP contribution in [0.15, 0.2) is 30.3 Å². The van der Waals surface area contributed by atoms with Gasteiger partial charge in [-0.3, -0.25) is 4.79 Å². The van der Waals surface area contributed by atoms with Gasteiger partial charge < -0.3 is 14.6 Å². The van der Waals surface area contributed by atoms with E-state index in [1.165, 1.54) is 37.8 Å². The third kappa shape index (κ3) is 4.12. The average molecular weight is 354 g/mol. The van der Waals surface area contributed by atoms with Gasteiger partial charge in [0.05, 0.1) is 12.7 Å². The van der Waals surface area contributed by atoms with E-state index in [0.717, 1.165) is 29.0 Å². The first kappa shape index (κ1) is 18.6. The van der Waals surface area contributed by atoms with Crippen molar-refractivity contribution >= 4 is 5.91 Å². The Kier molecular flexibility index (Phi) is 6.02. The fourth-order valence-electron chi connectivity index (χ4n) is 4.15. The SMILES string of the molecule is COc1cccc(CCNC(=O)c2cc(C)n(C3CCCCC3)c2C)c1. The van der Waals surface area contributed by atoms with Crippen LogP contribution in [0.1, 0.15) is 65.5 Å². The first-order chi connectivity index (χ1) is 12.6. The highest BCUT2D eigenvalue weighted by Gasteiger charge is 2.22. The summed E-state index contributed by atoms with van der Waals surface area (Å²) in [5.41, 5.74) is 4.29. The number of ether oxygens (including phenoxy) is 1. The van der Waals surface area contributed by atoms with E-state index in [1.807, 2.05) is 24.3 Å². The monoisotopic (exact) mass is 354 g/mol. The minimum Gasteiger partial charge on any atom is -0.497 e. The third-order valence-electron chi connectivity index (χ3n) is 5.50. The molecule has 0 atom stereocenters. The maximum atomic E-state index is 12.7. The second kappa shape index (κ2) is 8.43. The van der Waals surface area contributed by atoms with E-state index >= 15 is 0 Å². The smallest absolute Gasteiger partial charge is 0.253 e. The zero-order valence-corrected chi connectivity index (χ0v) is 16.2. The number of carbonyl (C=O) groups excluding carboxylic acids is 1. The van der Waals surface area contributed by atoms with Crippen LogP contribution in [0.5, 0.6) is 5.75 Å². The van der Waals surface area contributed by atoms with Crippen LogP contribution in [-0.2, 0) is 6.42 Å². The minimum atomic E-state index is 0.0306. The number of hydrogen-bond acceptors (Lipinski definition) is 2. The van der Waals surface area contributed by atoms with Gasteiger partial charge in [0.25, 0.3) is 5.91 Å². The molecule has 0 unspecified atom stereocenters. The maximum absolute atomic E-state index is 12.7. The molecule has 0 spiro atoms. The third-order valence-corrected chi connectivity index (χ3v) is 5.50. The summed E-state index contributed by atoms with van der Waals surface area (Å²) in [7, 11) is 1.67.